The van der Waals surface area contributed by atoms with E-state index in [1.54, 1.807) is 0 Å². The molecule has 0 amide bonds. The molecule has 0 aromatic rings. The molecule has 0 rings (SSSR count). The largest absolute Gasteiger partial charge is 0.817 e. The summed E-state index contributed by atoms with van der Waals surface area (Å²) in [7, 11) is -1.48. The highest BCUT2D eigenvalue weighted by Gasteiger charge is 1.95. The van der Waals surface area contributed by atoms with Gasteiger partial charge in [-0.2, -0.15) is 0 Å². The van der Waals surface area contributed by atoms with Crippen LogP contribution in [0.25, 0.3) is 0 Å². The molecule has 56 valence electrons. The van der Waals surface area contributed by atoms with Crippen LogP contribution in [0, 0.1) is 0 Å². The fourth-order valence-electron chi connectivity index (χ4n) is 0.621. The van der Waals surface area contributed by atoms with E-state index < -0.39 is 8.30 Å². The van der Waals surface area contributed by atoms with E-state index in [0.717, 1.165) is 13.1 Å². The van der Waals surface area contributed by atoms with Crippen LogP contribution in [0.5, 0.6) is 0 Å². The van der Waals surface area contributed by atoms with Crippen molar-refractivity contribution in [1.82, 2.24) is 4.90 Å². The average molecular weight is 149 g/mol. The highest BCUT2D eigenvalue weighted by atomic mass is 31.2. The van der Waals surface area contributed by atoms with E-state index in [9.17, 15) is 4.89 Å². The topological polar surface area (TPSA) is 52.3 Å². The Hall–Kier alpha value is 0.310. The highest BCUT2D eigenvalue weighted by molar-refractivity contribution is 7.47. The SMILES string of the molecule is CCN(CC)CP(N)[O-]. The van der Waals surface area contributed by atoms with Crippen LogP contribution in [0.2, 0.25) is 0 Å². The summed E-state index contributed by atoms with van der Waals surface area (Å²) in [6, 6.07) is 0. The Kier molecular flexibility index (Phi) is 5.30. The van der Waals surface area contributed by atoms with E-state index in [1.807, 2.05) is 18.7 Å². The lowest BCUT2D eigenvalue weighted by atomic mass is 10.6. The van der Waals surface area contributed by atoms with Gasteiger partial charge in [0.15, 0.2) is 0 Å². The number of hydrogen-bond acceptors (Lipinski definition) is 3. The van der Waals surface area contributed by atoms with Gasteiger partial charge in [0.05, 0.1) is 0 Å². The third-order valence-electron chi connectivity index (χ3n) is 1.23. The molecule has 0 heterocycles. The maximum absolute atomic E-state index is 10.5. The molecule has 0 aromatic carbocycles. The minimum absolute atomic E-state index is 0.530. The summed E-state index contributed by atoms with van der Waals surface area (Å²) < 4.78 is 0. The van der Waals surface area contributed by atoms with Gasteiger partial charge in [-0.15, -0.1) is 8.30 Å². The monoisotopic (exact) mass is 149 g/mol. The summed E-state index contributed by atoms with van der Waals surface area (Å²) >= 11 is 0. The standard InChI is InChI=1S/C5H14N2OP/c1-3-7(4-2)5-9(6)8/h3-6H2,1-2H3/q-1. The van der Waals surface area contributed by atoms with Gasteiger partial charge >= 0.3 is 0 Å². The van der Waals surface area contributed by atoms with E-state index in [4.69, 9.17) is 5.50 Å². The molecule has 0 radical (unpaired) electrons. The predicted octanol–water partition coefficient (Wildman–Crippen LogP) is -0.0834. The normalized spacial score (nSPS) is 14.3. The maximum atomic E-state index is 10.5. The molecule has 0 fully saturated rings. The minimum Gasteiger partial charge on any atom is -0.817 e. The van der Waals surface area contributed by atoms with Crippen LogP contribution in [-0.2, 0) is 0 Å². The molecule has 9 heavy (non-hydrogen) atoms. The van der Waals surface area contributed by atoms with Gasteiger partial charge in [0, 0.05) is 6.29 Å². The first-order valence-electron chi connectivity index (χ1n) is 3.12. The lowest BCUT2D eigenvalue weighted by molar-refractivity contribution is -0.161. The molecule has 0 aliphatic rings. The average Bonchev–Trinajstić information content (AvgIpc) is 1.82. The van der Waals surface area contributed by atoms with E-state index >= 15 is 0 Å². The van der Waals surface area contributed by atoms with Crippen LogP contribution in [0.15, 0.2) is 0 Å². The van der Waals surface area contributed by atoms with Crippen molar-refractivity contribution < 1.29 is 4.89 Å². The van der Waals surface area contributed by atoms with E-state index in [1.165, 1.54) is 0 Å². The summed E-state index contributed by atoms with van der Waals surface area (Å²) in [4.78, 5) is 12.5. The second kappa shape index (κ2) is 5.12. The van der Waals surface area contributed by atoms with Gasteiger partial charge < -0.3 is 10.4 Å². The van der Waals surface area contributed by atoms with Gasteiger partial charge in [0.25, 0.3) is 0 Å². The fraction of sp³-hybridized carbons (Fsp3) is 1.00. The third-order valence-corrected chi connectivity index (χ3v) is 1.91. The Labute approximate surface area is 57.7 Å². The lowest BCUT2D eigenvalue weighted by Crippen LogP contribution is -2.27. The predicted molar refractivity (Wildman–Crippen MR) is 38.9 cm³/mol. The Balaban J connectivity index is 3.31. The van der Waals surface area contributed by atoms with Crippen LogP contribution >= 0.6 is 8.30 Å². The molecule has 4 heteroatoms. The third kappa shape index (κ3) is 4.79. The van der Waals surface area contributed by atoms with Crippen LogP contribution in [0.3, 0.4) is 0 Å². The molecule has 1 atom stereocenters. The summed E-state index contributed by atoms with van der Waals surface area (Å²) in [5.74, 6) is 0. The summed E-state index contributed by atoms with van der Waals surface area (Å²) in [6.45, 7) is 5.91. The summed E-state index contributed by atoms with van der Waals surface area (Å²) in [6.07, 6.45) is 0.530. The summed E-state index contributed by atoms with van der Waals surface area (Å²) in [5.41, 5.74) is 5.11. The smallest absolute Gasteiger partial charge is 0.0170 e. The first-order chi connectivity index (χ1) is 4.20. The van der Waals surface area contributed by atoms with E-state index in [-0.39, 0.29) is 0 Å². The first-order valence-corrected chi connectivity index (χ1v) is 4.63. The van der Waals surface area contributed by atoms with Gasteiger partial charge in [-0.05, 0) is 13.1 Å². The molecule has 2 N–H and O–H groups in total. The number of rotatable bonds is 4. The first kappa shape index (κ1) is 9.31. The van der Waals surface area contributed by atoms with Gasteiger partial charge in [-0.1, -0.05) is 13.8 Å². The number of nitrogens with zero attached hydrogens (tertiary/aromatic N) is 1. The maximum Gasteiger partial charge on any atom is 0.0170 e. The van der Waals surface area contributed by atoms with Crippen LogP contribution < -0.4 is 10.4 Å². The van der Waals surface area contributed by atoms with Gasteiger partial charge in [0.2, 0.25) is 0 Å². The van der Waals surface area contributed by atoms with Crippen molar-refractivity contribution in [2.45, 2.75) is 13.8 Å². The zero-order chi connectivity index (χ0) is 7.28. The van der Waals surface area contributed by atoms with Gasteiger partial charge in [-0.25, -0.2) is 0 Å². The molecule has 0 spiro atoms. The van der Waals surface area contributed by atoms with Gasteiger partial charge in [0.1, 0.15) is 0 Å². The minimum atomic E-state index is -1.48. The molecule has 0 aliphatic heterocycles. The molecular weight excluding hydrogens is 135 g/mol. The summed E-state index contributed by atoms with van der Waals surface area (Å²) in [5, 5.41) is 0. The van der Waals surface area contributed by atoms with Crippen molar-refractivity contribution in [2.24, 2.45) is 5.50 Å². The number of hydrogen-bond donors (Lipinski definition) is 1. The van der Waals surface area contributed by atoms with E-state index in [2.05, 4.69) is 0 Å². The van der Waals surface area contributed by atoms with E-state index in [0.29, 0.717) is 6.29 Å². The Morgan fingerprint density at radius 2 is 1.89 bits per heavy atom. The van der Waals surface area contributed by atoms with Crippen LogP contribution in [0.4, 0.5) is 0 Å². The fourth-order valence-corrected chi connectivity index (χ4v) is 1.41. The quantitative estimate of drug-likeness (QED) is 0.568. The highest BCUT2D eigenvalue weighted by Crippen LogP contribution is 2.12. The lowest BCUT2D eigenvalue weighted by Gasteiger charge is -2.25. The molecule has 3 nitrogen and oxygen atoms in total. The van der Waals surface area contributed by atoms with Crippen molar-refractivity contribution in [3.63, 3.8) is 0 Å². The molecule has 0 aliphatic carbocycles. The van der Waals surface area contributed by atoms with Crippen molar-refractivity contribution in [1.29, 1.82) is 0 Å². The Morgan fingerprint density at radius 1 is 1.44 bits per heavy atom. The second-order valence-corrected chi connectivity index (χ2v) is 2.98. The Bertz CT molecular complexity index is 66.0. The second-order valence-electron chi connectivity index (χ2n) is 1.86. The Morgan fingerprint density at radius 3 is 2.00 bits per heavy atom. The van der Waals surface area contributed by atoms with Crippen molar-refractivity contribution in [2.75, 3.05) is 19.4 Å². The van der Waals surface area contributed by atoms with Gasteiger partial charge in [-0.3, -0.25) is 4.90 Å². The molecule has 1 unspecified atom stereocenters. The molecule has 0 aromatic heterocycles. The zero-order valence-corrected chi connectivity index (χ0v) is 6.90. The van der Waals surface area contributed by atoms with Crippen LogP contribution in [-0.4, -0.2) is 24.3 Å². The molecule has 0 saturated carbocycles. The zero-order valence-electron chi connectivity index (χ0n) is 6.00. The molecular formula is C5H14N2OP-. The van der Waals surface area contributed by atoms with Crippen molar-refractivity contribution >= 4 is 8.30 Å². The van der Waals surface area contributed by atoms with Crippen molar-refractivity contribution in [3.05, 3.63) is 0 Å². The van der Waals surface area contributed by atoms with Crippen LogP contribution in [0.1, 0.15) is 13.8 Å². The number of nitrogens with two attached hydrogens (primary N) is 1. The molecule has 0 saturated heterocycles. The molecule has 0 bridgehead atoms. The van der Waals surface area contributed by atoms with Crippen molar-refractivity contribution in [3.8, 4) is 0 Å².